The molecular formula is C18H16N2O4. The molecule has 1 heterocycles. The van der Waals surface area contributed by atoms with Gasteiger partial charge in [-0.3, -0.25) is 14.4 Å². The van der Waals surface area contributed by atoms with E-state index in [4.69, 9.17) is 4.74 Å². The number of carbonyl (C=O) groups is 3. The molecule has 1 aliphatic heterocycles. The topological polar surface area (TPSA) is 75.7 Å². The molecular weight excluding hydrogens is 308 g/mol. The molecule has 0 spiro atoms. The monoisotopic (exact) mass is 324 g/mol. The quantitative estimate of drug-likeness (QED) is 0.876. The van der Waals surface area contributed by atoms with Gasteiger partial charge < -0.3 is 10.1 Å². The predicted octanol–water partition coefficient (Wildman–Crippen LogP) is 2.38. The van der Waals surface area contributed by atoms with E-state index < -0.39 is 0 Å². The predicted molar refractivity (Wildman–Crippen MR) is 89.3 cm³/mol. The number of nitrogens with zero attached hydrogens (tertiary/aromatic N) is 1. The smallest absolute Gasteiger partial charge is 0.266 e. The molecule has 24 heavy (non-hydrogen) atoms. The minimum Gasteiger partial charge on any atom is -0.375 e. The highest BCUT2D eigenvalue weighted by Gasteiger charge is 2.37. The molecule has 0 fully saturated rings. The number of imide groups is 1. The van der Waals surface area contributed by atoms with Crippen LogP contribution in [0.15, 0.2) is 42.5 Å². The third-order valence-electron chi connectivity index (χ3n) is 3.80. The molecule has 0 bridgehead atoms. The SMILES string of the molecule is COCC(=O)Nc1ccc(C)c(N2C(=O)c3ccccc3C2=O)c1. The summed E-state index contributed by atoms with van der Waals surface area (Å²) >= 11 is 0. The Hall–Kier alpha value is -2.99. The zero-order valence-corrected chi connectivity index (χ0v) is 13.3. The summed E-state index contributed by atoms with van der Waals surface area (Å²) in [5, 5.41) is 2.67. The van der Waals surface area contributed by atoms with Gasteiger partial charge in [0, 0.05) is 12.8 Å². The Labute approximate surface area is 139 Å². The third kappa shape index (κ3) is 2.68. The number of rotatable bonds is 4. The molecule has 6 nitrogen and oxygen atoms in total. The highest BCUT2D eigenvalue weighted by Crippen LogP contribution is 2.32. The van der Waals surface area contributed by atoms with E-state index in [9.17, 15) is 14.4 Å². The Bertz CT molecular complexity index is 810. The molecule has 1 aliphatic rings. The van der Waals surface area contributed by atoms with E-state index in [2.05, 4.69) is 5.32 Å². The van der Waals surface area contributed by atoms with Crippen molar-refractivity contribution >= 4 is 29.1 Å². The van der Waals surface area contributed by atoms with Crippen molar-refractivity contribution in [1.82, 2.24) is 0 Å². The summed E-state index contributed by atoms with van der Waals surface area (Å²) in [7, 11) is 1.43. The van der Waals surface area contributed by atoms with E-state index in [1.165, 1.54) is 7.11 Å². The first-order valence-corrected chi connectivity index (χ1v) is 7.40. The number of anilines is 2. The standard InChI is InChI=1S/C18H16N2O4/c1-11-7-8-12(19-16(21)10-24-2)9-15(11)20-17(22)13-5-3-4-6-14(13)18(20)23/h3-9H,10H2,1-2H3,(H,19,21). The van der Waals surface area contributed by atoms with Crippen molar-refractivity contribution in [1.29, 1.82) is 0 Å². The van der Waals surface area contributed by atoms with E-state index in [1.54, 1.807) is 49.4 Å². The lowest BCUT2D eigenvalue weighted by atomic mass is 10.1. The van der Waals surface area contributed by atoms with Crippen molar-refractivity contribution < 1.29 is 19.1 Å². The molecule has 122 valence electrons. The van der Waals surface area contributed by atoms with Gasteiger partial charge in [-0.15, -0.1) is 0 Å². The van der Waals surface area contributed by atoms with Crippen LogP contribution in [0.3, 0.4) is 0 Å². The first kappa shape index (κ1) is 15.9. The number of hydrogen-bond acceptors (Lipinski definition) is 4. The van der Waals surface area contributed by atoms with Gasteiger partial charge in [0.25, 0.3) is 11.8 Å². The van der Waals surface area contributed by atoms with E-state index in [0.717, 1.165) is 10.5 Å². The van der Waals surface area contributed by atoms with Crippen LogP contribution in [0.1, 0.15) is 26.3 Å². The molecule has 0 unspecified atom stereocenters. The Morgan fingerprint density at radius 1 is 1.08 bits per heavy atom. The second-order valence-electron chi connectivity index (χ2n) is 5.47. The van der Waals surface area contributed by atoms with E-state index in [0.29, 0.717) is 22.5 Å². The number of carbonyl (C=O) groups excluding carboxylic acids is 3. The first-order valence-electron chi connectivity index (χ1n) is 7.40. The summed E-state index contributed by atoms with van der Waals surface area (Å²) in [6.45, 7) is 1.73. The molecule has 0 atom stereocenters. The second kappa shape index (κ2) is 6.25. The lowest BCUT2D eigenvalue weighted by Crippen LogP contribution is -2.30. The molecule has 3 rings (SSSR count). The normalized spacial score (nSPS) is 13.2. The van der Waals surface area contributed by atoms with E-state index in [1.807, 2.05) is 0 Å². The Balaban J connectivity index is 1.97. The van der Waals surface area contributed by atoms with Gasteiger partial charge in [0.15, 0.2) is 0 Å². The van der Waals surface area contributed by atoms with Crippen molar-refractivity contribution in [2.24, 2.45) is 0 Å². The summed E-state index contributed by atoms with van der Waals surface area (Å²) in [5.74, 6) is -1.03. The minimum absolute atomic E-state index is 0.0732. The van der Waals surface area contributed by atoms with E-state index >= 15 is 0 Å². The maximum Gasteiger partial charge on any atom is 0.266 e. The number of benzene rings is 2. The molecule has 1 N–H and O–H groups in total. The Kier molecular flexibility index (Phi) is 4.14. The zero-order chi connectivity index (χ0) is 17.3. The average molecular weight is 324 g/mol. The Morgan fingerprint density at radius 3 is 2.29 bits per heavy atom. The minimum atomic E-state index is -0.362. The molecule has 0 saturated heterocycles. The van der Waals surface area contributed by atoms with Crippen LogP contribution in [-0.2, 0) is 9.53 Å². The van der Waals surface area contributed by atoms with Crippen molar-refractivity contribution in [2.45, 2.75) is 6.92 Å². The number of hydrogen-bond donors (Lipinski definition) is 1. The maximum absolute atomic E-state index is 12.6. The Morgan fingerprint density at radius 2 is 1.71 bits per heavy atom. The number of methoxy groups -OCH3 is 1. The van der Waals surface area contributed by atoms with Crippen LogP contribution in [0.2, 0.25) is 0 Å². The largest absolute Gasteiger partial charge is 0.375 e. The molecule has 2 aromatic rings. The fraction of sp³-hybridized carbons (Fsp3) is 0.167. The maximum atomic E-state index is 12.6. The molecule has 3 amide bonds. The van der Waals surface area contributed by atoms with Gasteiger partial charge in [-0.2, -0.15) is 0 Å². The van der Waals surface area contributed by atoms with Gasteiger partial charge in [0.2, 0.25) is 5.91 Å². The van der Waals surface area contributed by atoms with Crippen LogP contribution in [0, 0.1) is 6.92 Å². The first-order chi connectivity index (χ1) is 11.5. The fourth-order valence-electron chi connectivity index (χ4n) is 2.66. The van der Waals surface area contributed by atoms with Crippen LogP contribution in [0.4, 0.5) is 11.4 Å². The average Bonchev–Trinajstić information content (AvgIpc) is 2.82. The summed E-state index contributed by atoms with van der Waals surface area (Å²) < 4.78 is 4.78. The van der Waals surface area contributed by atoms with Crippen LogP contribution in [0.25, 0.3) is 0 Å². The van der Waals surface area contributed by atoms with Crippen molar-refractivity contribution in [3.05, 3.63) is 59.2 Å². The lowest BCUT2D eigenvalue weighted by molar-refractivity contribution is -0.119. The number of fused-ring (bicyclic) bond motifs is 1. The fourth-order valence-corrected chi connectivity index (χ4v) is 2.66. The van der Waals surface area contributed by atoms with Crippen LogP contribution in [-0.4, -0.2) is 31.4 Å². The van der Waals surface area contributed by atoms with Crippen molar-refractivity contribution in [3.8, 4) is 0 Å². The number of amides is 3. The van der Waals surface area contributed by atoms with Gasteiger partial charge in [0.05, 0.1) is 16.8 Å². The van der Waals surface area contributed by atoms with Gasteiger partial charge in [-0.1, -0.05) is 18.2 Å². The van der Waals surface area contributed by atoms with Gasteiger partial charge in [0.1, 0.15) is 6.61 Å². The van der Waals surface area contributed by atoms with Crippen molar-refractivity contribution in [3.63, 3.8) is 0 Å². The summed E-state index contributed by atoms with van der Waals surface area (Å²) in [5.41, 5.74) is 2.48. The van der Waals surface area contributed by atoms with Crippen molar-refractivity contribution in [2.75, 3.05) is 23.9 Å². The summed E-state index contributed by atoms with van der Waals surface area (Å²) in [4.78, 5) is 38.0. The summed E-state index contributed by atoms with van der Waals surface area (Å²) in [6.07, 6.45) is 0. The van der Waals surface area contributed by atoms with Gasteiger partial charge in [-0.25, -0.2) is 4.90 Å². The highest BCUT2D eigenvalue weighted by molar-refractivity contribution is 6.34. The molecule has 0 aliphatic carbocycles. The van der Waals surface area contributed by atoms with Crippen LogP contribution in [0.5, 0.6) is 0 Å². The lowest BCUT2D eigenvalue weighted by Gasteiger charge is -2.18. The van der Waals surface area contributed by atoms with Crippen LogP contribution >= 0.6 is 0 Å². The second-order valence-corrected chi connectivity index (χ2v) is 5.47. The molecule has 0 aromatic heterocycles. The zero-order valence-electron chi connectivity index (χ0n) is 13.3. The molecule has 0 radical (unpaired) electrons. The van der Waals surface area contributed by atoms with Crippen LogP contribution < -0.4 is 10.2 Å². The molecule has 2 aromatic carbocycles. The van der Waals surface area contributed by atoms with E-state index in [-0.39, 0.29) is 24.3 Å². The third-order valence-corrected chi connectivity index (χ3v) is 3.80. The highest BCUT2D eigenvalue weighted by atomic mass is 16.5. The number of ether oxygens (including phenoxy) is 1. The molecule has 0 saturated carbocycles. The summed E-state index contributed by atoms with van der Waals surface area (Å²) in [6, 6.07) is 11.8. The van der Waals surface area contributed by atoms with Gasteiger partial charge in [-0.05, 0) is 36.8 Å². The number of aryl methyl sites for hydroxylation is 1. The van der Waals surface area contributed by atoms with Gasteiger partial charge >= 0.3 is 0 Å². The molecule has 6 heteroatoms. The number of nitrogens with one attached hydrogen (secondary N) is 1.